The van der Waals surface area contributed by atoms with E-state index in [1.54, 1.807) is 0 Å². The number of sulfonamides is 1. The lowest BCUT2D eigenvalue weighted by atomic mass is 10.1. The minimum absolute atomic E-state index is 0.235. The van der Waals surface area contributed by atoms with Crippen LogP contribution in [0, 0.1) is 5.92 Å². The SMILES string of the molecule is CN1CCN(S(=O)(=O)C2CCCC2)C[C@@H](C(N)=O)C1. The van der Waals surface area contributed by atoms with Gasteiger partial charge in [0.25, 0.3) is 0 Å². The first-order chi connectivity index (χ1) is 8.91. The molecule has 7 heteroatoms. The molecule has 2 N–H and O–H groups in total. The molecule has 2 rings (SSSR count). The predicted octanol–water partition coefficient (Wildman–Crippen LogP) is -0.392. The van der Waals surface area contributed by atoms with Crippen molar-refractivity contribution < 1.29 is 13.2 Å². The first-order valence-electron chi connectivity index (χ1n) is 6.88. The third-order valence-corrected chi connectivity index (χ3v) is 6.54. The maximum atomic E-state index is 12.6. The van der Waals surface area contributed by atoms with E-state index in [2.05, 4.69) is 0 Å². The summed E-state index contributed by atoms with van der Waals surface area (Å²) in [6.07, 6.45) is 3.46. The van der Waals surface area contributed by atoms with Crippen LogP contribution in [0.3, 0.4) is 0 Å². The molecule has 0 aromatic carbocycles. The fraction of sp³-hybridized carbons (Fsp3) is 0.917. The van der Waals surface area contributed by atoms with Crippen molar-refractivity contribution in [2.24, 2.45) is 11.7 Å². The Morgan fingerprint density at radius 2 is 1.79 bits per heavy atom. The summed E-state index contributed by atoms with van der Waals surface area (Å²) in [4.78, 5) is 13.4. The molecule has 0 unspecified atom stereocenters. The normalized spacial score (nSPS) is 28.4. The molecule has 0 radical (unpaired) electrons. The van der Waals surface area contributed by atoms with Crippen LogP contribution in [-0.4, -0.2) is 62.0 Å². The van der Waals surface area contributed by atoms with Gasteiger partial charge in [-0.3, -0.25) is 4.79 Å². The highest BCUT2D eigenvalue weighted by atomic mass is 32.2. The van der Waals surface area contributed by atoms with Gasteiger partial charge in [-0.15, -0.1) is 0 Å². The maximum absolute atomic E-state index is 12.6. The van der Waals surface area contributed by atoms with Gasteiger partial charge in [0.15, 0.2) is 0 Å². The third-order valence-electron chi connectivity index (χ3n) is 4.17. The molecule has 110 valence electrons. The molecular formula is C12H23N3O3S. The average molecular weight is 289 g/mol. The molecule has 1 atom stereocenters. The molecule has 1 amide bonds. The van der Waals surface area contributed by atoms with E-state index < -0.39 is 21.8 Å². The minimum atomic E-state index is -3.28. The van der Waals surface area contributed by atoms with Crippen LogP contribution >= 0.6 is 0 Å². The Kier molecular flexibility index (Phi) is 4.47. The number of hydrogen-bond donors (Lipinski definition) is 1. The summed E-state index contributed by atoms with van der Waals surface area (Å²) in [5.74, 6) is -0.830. The molecule has 0 aromatic heterocycles. The van der Waals surface area contributed by atoms with Gasteiger partial charge in [0.1, 0.15) is 0 Å². The standard InChI is InChI=1S/C12H23N3O3S/c1-14-6-7-15(9-10(8-14)12(13)16)19(17,18)11-4-2-3-5-11/h10-11H,2-9H2,1H3,(H2,13,16)/t10-/m0/s1. The Hall–Kier alpha value is -0.660. The van der Waals surface area contributed by atoms with E-state index in [1.165, 1.54) is 4.31 Å². The summed E-state index contributed by atoms with van der Waals surface area (Å²) in [6.45, 7) is 1.87. The number of nitrogens with zero attached hydrogens (tertiary/aromatic N) is 2. The van der Waals surface area contributed by atoms with Crippen LogP contribution in [0.4, 0.5) is 0 Å². The van der Waals surface area contributed by atoms with Gasteiger partial charge < -0.3 is 10.6 Å². The molecule has 0 aromatic rings. The smallest absolute Gasteiger partial charge is 0.223 e. The summed E-state index contributed by atoms with van der Waals surface area (Å²) in [5, 5.41) is -0.260. The van der Waals surface area contributed by atoms with Crippen LogP contribution < -0.4 is 5.73 Å². The lowest BCUT2D eigenvalue weighted by Crippen LogP contribution is -2.43. The van der Waals surface area contributed by atoms with Gasteiger partial charge in [0.05, 0.1) is 11.2 Å². The number of likely N-dealkylation sites (N-methyl/N-ethyl adjacent to an activating group) is 1. The lowest BCUT2D eigenvalue weighted by Gasteiger charge is -2.25. The van der Waals surface area contributed by atoms with Gasteiger partial charge in [-0.25, -0.2) is 8.42 Å². The zero-order chi connectivity index (χ0) is 14.0. The van der Waals surface area contributed by atoms with Gasteiger partial charge >= 0.3 is 0 Å². The lowest BCUT2D eigenvalue weighted by molar-refractivity contribution is -0.122. The number of primary amides is 1. The highest BCUT2D eigenvalue weighted by molar-refractivity contribution is 7.89. The fourth-order valence-corrected chi connectivity index (χ4v) is 5.03. The van der Waals surface area contributed by atoms with Crippen LogP contribution in [-0.2, 0) is 14.8 Å². The maximum Gasteiger partial charge on any atom is 0.223 e. The molecule has 1 aliphatic heterocycles. The molecule has 0 bridgehead atoms. The molecule has 6 nitrogen and oxygen atoms in total. The van der Waals surface area contributed by atoms with Gasteiger partial charge in [-0.05, 0) is 19.9 Å². The van der Waals surface area contributed by atoms with Crippen molar-refractivity contribution in [2.75, 3.05) is 33.2 Å². The van der Waals surface area contributed by atoms with Crippen molar-refractivity contribution in [1.82, 2.24) is 9.21 Å². The van der Waals surface area contributed by atoms with E-state index in [1.807, 2.05) is 11.9 Å². The van der Waals surface area contributed by atoms with Crippen LogP contribution in [0.25, 0.3) is 0 Å². The second-order valence-electron chi connectivity index (χ2n) is 5.67. The van der Waals surface area contributed by atoms with E-state index >= 15 is 0 Å². The second kappa shape index (κ2) is 5.76. The molecule has 1 saturated carbocycles. The first kappa shape index (κ1) is 14.7. The van der Waals surface area contributed by atoms with Gasteiger partial charge in [0.2, 0.25) is 15.9 Å². The van der Waals surface area contributed by atoms with Crippen molar-refractivity contribution in [3.63, 3.8) is 0 Å². The third kappa shape index (κ3) is 3.27. The predicted molar refractivity (Wildman–Crippen MR) is 72.9 cm³/mol. The van der Waals surface area contributed by atoms with Gasteiger partial charge in [-0.1, -0.05) is 12.8 Å². The zero-order valence-electron chi connectivity index (χ0n) is 11.4. The highest BCUT2D eigenvalue weighted by Crippen LogP contribution is 2.28. The van der Waals surface area contributed by atoms with E-state index in [-0.39, 0.29) is 11.8 Å². The second-order valence-corrected chi connectivity index (χ2v) is 7.88. The minimum Gasteiger partial charge on any atom is -0.369 e. The number of hydrogen-bond acceptors (Lipinski definition) is 4. The molecule has 1 aliphatic carbocycles. The molecule has 0 spiro atoms. The Balaban J connectivity index is 2.15. The monoisotopic (exact) mass is 289 g/mol. The summed E-state index contributed by atoms with van der Waals surface area (Å²) >= 11 is 0. The topological polar surface area (TPSA) is 83.7 Å². The number of carbonyl (C=O) groups is 1. The molecule has 1 saturated heterocycles. The molecule has 2 aliphatic rings. The first-order valence-corrected chi connectivity index (χ1v) is 8.38. The molecular weight excluding hydrogens is 266 g/mol. The Labute approximate surface area is 115 Å². The van der Waals surface area contributed by atoms with Crippen LogP contribution in [0.1, 0.15) is 25.7 Å². The van der Waals surface area contributed by atoms with Gasteiger partial charge in [0, 0.05) is 26.2 Å². The largest absolute Gasteiger partial charge is 0.369 e. The van der Waals surface area contributed by atoms with E-state index in [0.29, 0.717) is 19.6 Å². The number of amides is 1. The average Bonchev–Trinajstić information content (AvgIpc) is 2.79. The Morgan fingerprint density at radius 3 is 2.37 bits per heavy atom. The van der Waals surface area contributed by atoms with Crippen molar-refractivity contribution >= 4 is 15.9 Å². The van der Waals surface area contributed by atoms with Crippen LogP contribution in [0.2, 0.25) is 0 Å². The van der Waals surface area contributed by atoms with Crippen molar-refractivity contribution in [3.8, 4) is 0 Å². The highest BCUT2D eigenvalue weighted by Gasteiger charge is 2.37. The van der Waals surface area contributed by atoms with Crippen molar-refractivity contribution in [3.05, 3.63) is 0 Å². The number of nitrogens with two attached hydrogens (primary N) is 1. The summed E-state index contributed by atoms with van der Waals surface area (Å²) < 4.78 is 26.6. The van der Waals surface area contributed by atoms with E-state index in [0.717, 1.165) is 25.7 Å². The van der Waals surface area contributed by atoms with E-state index in [9.17, 15) is 13.2 Å². The summed E-state index contributed by atoms with van der Waals surface area (Å²) in [6, 6.07) is 0. The Bertz CT molecular complexity index is 432. The van der Waals surface area contributed by atoms with Crippen LogP contribution in [0.5, 0.6) is 0 Å². The zero-order valence-corrected chi connectivity index (χ0v) is 12.2. The summed E-state index contributed by atoms with van der Waals surface area (Å²) in [5.41, 5.74) is 5.37. The molecule has 19 heavy (non-hydrogen) atoms. The molecule has 1 heterocycles. The Morgan fingerprint density at radius 1 is 1.16 bits per heavy atom. The summed E-state index contributed by atoms with van der Waals surface area (Å²) in [7, 11) is -1.39. The van der Waals surface area contributed by atoms with Crippen LogP contribution in [0.15, 0.2) is 0 Å². The fourth-order valence-electron chi connectivity index (χ4n) is 2.95. The van der Waals surface area contributed by atoms with E-state index in [4.69, 9.17) is 5.73 Å². The van der Waals surface area contributed by atoms with Crippen molar-refractivity contribution in [2.45, 2.75) is 30.9 Å². The number of carbonyl (C=O) groups excluding carboxylic acids is 1. The van der Waals surface area contributed by atoms with Crippen molar-refractivity contribution in [1.29, 1.82) is 0 Å². The quantitative estimate of drug-likeness (QED) is 0.767. The number of rotatable bonds is 3. The molecule has 2 fully saturated rings. The van der Waals surface area contributed by atoms with Gasteiger partial charge in [-0.2, -0.15) is 4.31 Å².